The summed E-state index contributed by atoms with van der Waals surface area (Å²) in [7, 11) is 1.69. The highest BCUT2D eigenvalue weighted by atomic mass is 16.5. The van der Waals surface area contributed by atoms with Crippen LogP contribution in [0.2, 0.25) is 0 Å². The summed E-state index contributed by atoms with van der Waals surface area (Å²) in [6, 6.07) is 7.00. The Morgan fingerprint density at radius 3 is 2.89 bits per heavy atom. The zero-order valence-corrected chi connectivity index (χ0v) is 10.9. The highest BCUT2D eigenvalue weighted by Gasteiger charge is 2.30. The van der Waals surface area contributed by atoms with Crippen LogP contribution >= 0.6 is 0 Å². The number of ether oxygens (including phenoxy) is 1. The second kappa shape index (κ2) is 4.37. The summed E-state index contributed by atoms with van der Waals surface area (Å²) in [6.45, 7) is 2.55. The van der Waals surface area contributed by atoms with Crippen LogP contribution in [0.15, 0.2) is 18.2 Å². The Balaban J connectivity index is 2.19. The van der Waals surface area contributed by atoms with E-state index in [2.05, 4.69) is 29.7 Å². The first-order valence-corrected chi connectivity index (χ1v) is 6.46. The van der Waals surface area contributed by atoms with Gasteiger partial charge < -0.3 is 15.0 Å². The van der Waals surface area contributed by atoms with E-state index in [1.54, 1.807) is 7.11 Å². The van der Waals surface area contributed by atoms with E-state index in [1.165, 1.54) is 23.9 Å². The van der Waals surface area contributed by atoms with Crippen LogP contribution in [0.1, 0.15) is 36.4 Å². The number of aryl methyl sites for hydroxylation is 1. The lowest BCUT2D eigenvalue weighted by Crippen LogP contribution is -2.18. The highest BCUT2D eigenvalue weighted by Crippen LogP contribution is 2.40. The van der Waals surface area contributed by atoms with Crippen molar-refractivity contribution in [1.29, 1.82) is 0 Å². The molecule has 1 aliphatic rings. The van der Waals surface area contributed by atoms with Gasteiger partial charge >= 0.3 is 0 Å². The molecule has 4 nitrogen and oxygen atoms in total. The van der Waals surface area contributed by atoms with Crippen LogP contribution in [0, 0.1) is 6.92 Å². The van der Waals surface area contributed by atoms with Crippen molar-refractivity contribution in [1.82, 2.24) is 9.55 Å². The third kappa shape index (κ3) is 1.82. The van der Waals surface area contributed by atoms with Crippen molar-refractivity contribution in [3.05, 3.63) is 29.6 Å². The molecule has 0 saturated heterocycles. The lowest BCUT2D eigenvalue weighted by Gasteiger charge is -2.15. The Morgan fingerprint density at radius 1 is 1.50 bits per heavy atom. The maximum Gasteiger partial charge on any atom is 0.140 e. The number of nitrogens with zero attached hydrogens (tertiary/aromatic N) is 2. The summed E-state index contributed by atoms with van der Waals surface area (Å²) in [6.07, 6.45) is 2.35. The van der Waals surface area contributed by atoms with Gasteiger partial charge in [-0.1, -0.05) is 6.07 Å². The predicted molar refractivity (Wildman–Crippen MR) is 71.5 cm³/mol. The Kier molecular flexibility index (Phi) is 2.84. The molecule has 2 aromatic rings. The van der Waals surface area contributed by atoms with Crippen molar-refractivity contribution in [2.45, 2.75) is 31.9 Å². The van der Waals surface area contributed by atoms with Crippen LogP contribution in [0.5, 0.6) is 0 Å². The van der Waals surface area contributed by atoms with E-state index in [1.807, 2.05) is 0 Å². The topological polar surface area (TPSA) is 53.1 Å². The standard InChI is InChI=1S/C14H19N3O/c1-9-3-6-12-11(7-9)16-14(13(8-15)18-2)17(12)10-4-5-10/h3,6-7,10,13H,4-5,8,15H2,1-2H3. The molecule has 1 unspecified atom stereocenters. The SMILES string of the molecule is COC(CN)c1nc2cc(C)ccc2n1C1CC1. The van der Waals surface area contributed by atoms with Gasteiger partial charge in [0, 0.05) is 19.7 Å². The lowest BCUT2D eigenvalue weighted by molar-refractivity contribution is 0.100. The van der Waals surface area contributed by atoms with Crippen molar-refractivity contribution in [3.63, 3.8) is 0 Å². The van der Waals surface area contributed by atoms with Gasteiger partial charge in [0.2, 0.25) is 0 Å². The fourth-order valence-electron chi connectivity index (χ4n) is 2.48. The first kappa shape index (κ1) is 11.7. The molecule has 18 heavy (non-hydrogen) atoms. The van der Waals surface area contributed by atoms with E-state index >= 15 is 0 Å². The van der Waals surface area contributed by atoms with Crippen LogP contribution in [-0.2, 0) is 4.74 Å². The molecule has 1 heterocycles. The van der Waals surface area contributed by atoms with Crippen molar-refractivity contribution >= 4 is 11.0 Å². The number of aromatic nitrogens is 2. The second-order valence-electron chi connectivity index (χ2n) is 5.02. The zero-order chi connectivity index (χ0) is 12.7. The van der Waals surface area contributed by atoms with Gasteiger partial charge in [0.05, 0.1) is 11.0 Å². The van der Waals surface area contributed by atoms with E-state index < -0.39 is 0 Å². The Labute approximate surface area is 107 Å². The minimum Gasteiger partial charge on any atom is -0.372 e. The summed E-state index contributed by atoms with van der Waals surface area (Å²) in [4.78, 5) is 4.73. The maximum absolute atomic E-state index is 5.78. The van der Waals surface area contributed by atoms with Crippen LogP contribution in [0.3, 0.4) is 0 Å². The molecule has 1 aliphatic carbocycles. The van der Waals surface area contributed by atoms with Crippen molar-refractivity contribution in [2.24, 2.45) is 5.73 Å². The largest absolute Gasteiger partial charge is 0.372 e. The average Bonchev–Trinajstić information content (AvgIpc) is 3.13. The molecule has 0 spiro atoms. The molecule has 0 bridgehead atoms. The quantitative estimate of drug-likeness (QED) is 0.899. The summed E-state index contributed by atoms with van der Waals surface area (Å²) >= 11 is 0. The van der Waals surface area contributed by atoms with E-state index in [9.17, 15) is 0 Å². The third-order valence-electron chi connectivity index (χ3n) is 3.57. The van der Waals surface area contributed by atoms with Crippen molar-refractivity contribution in [3.8, 4) is 0 Å². The van der Waals surface area contributed by atoms with Crippen molar-refractivity contribution in [2.75, 3.05) is 13.7 Å². The van der Waals surface area contributed by atoms with E-state index in [4.69, 9.17) is 15.5 Å². The molecule has 1 aromatic heterocycles. The van der Waals surface area contributed by atoms with E-state index in [-0.39, 0.29) is 6.10 Å². The molecule has 0 amide bonds. The Hall–Kier alpha value is -1.39. The summed E-state index contributed by atoms with van der Waals surface area (Å²) < 4.78 is 7.77. The lowest BCUT2D eigenvalue weighted by atomic mass is 10.2. The fourth-order valence-corrected chi connectivity index (χ4v) is 2.48. The minimum absolute atomic E-state index is 0.113. The number of imidazole rings is 1. The normalized spacial score (nSPS) is 17.3. The monoisotopic (exact) mass is 245 g/mol. The van der Waals surface area contributed by atoms with E-state index in [0.29, 0.717) is 12.6 Å². The molecular formula is C14H19N3O. The van der Waals surface area contributed by atoms with Crippen LogP contribution in [-0.4, -0.2) is 23.2 Å². The molecule has 1 saturated carbocycles. The molecule has 2 N–H and O–H groups in total. The van der Waals surface area contributed by atoms with Crippen molar-refractivity contribution < 1.29 is 4.74 Å². The molecule has 1 aromatic carbocycles. The smallest absolute Gasteiger partial charge is 0.140 e. The van der Waals surface area contributed by atoms with Gasteiger partial charge in [0.15, 0.2) is 0 Å². The molecule has 3 rings (SSSR count). The minimum atomic E-state index is -0.113. The summed E-state index contributed by atoms with van der Waals surface area (Å²) in [5, 5.41) is 0. The first-order valence-electron chi connectivity index (χ1n) is 6.46. The predicted octanol–water partition coefficient (Wildman–Crippen LogP) is 2.33. The van der Waals surface area contributed by atoms with Crippen LogP contribution in [0.4, 0.5) is 0 Å². The average molecular weight is 245 g/mol. The van der Waals surface area contributed by atoms with Crippen LogP contribution < -0.4 is 5.73 Å². The Bertz CT molecular complexity index is 568. The van der Waals surface area contributed by atoms with Gasteiger partial charge in [-0.05, 0) is 37.5 Å². The fraction of sp³-hybridized carbons (Fsp3) is 0.500. The van der Waals surface area contributed by atoms with Gasteiger partial charge in [0.1, 0.15) is 11.9 Å². The van der Waals surface area contributed by atoms with Gasteiger partial charge in [-0.25, -0.2) is 4.98 Å². The summed E-state index contributed by atoms with van der Waals surface area (Å²) in [5.41, 5.74) is 9.26. The number of benzene rings is 1. The van der Waals surface area contributed by atoms with Gasteiger partial charge in [-0.2, -0.15) is 0 Å². The number of rotatable bonds is 4. The highest BCUT2D eigenvalue weighted by molar-refractivity contribution is 5.77. The van der Waals surface area contributed by atoms with E-state index in [0.717, 1.165) is 11.3 Å². The molecular weight excluding hydrogens is 226 g/mol. The second-order valence-corrected chi connectivity index (χ2v) is 5.02. The first-order chi connectivity index (χ1) is 8.74. The van der Waals surface area contributed by atoms with Gasteiger partial charge in [-0.15, -0.1) is 0 Å². The maximum atomic E-state index is 5.78. The molecule has 0 radical (unpaired) electrons. The molecule has 4 heteroatoms. The molecule has 96 valence electrons. The number of methoxy groups -OCH3 is 1. The molecule has 1 fully saturated rings. The zero-order valence-electron chi connectivity index (χ0n) is 10.9. The number of hydrogen-bond acceptors (Lipinski definition) is 3. The van der Waals surface area contributed by atoms with Gasteiger partial charge in [0.25, 0.3) is 0 Å². The van der Waals surface area contributed by atoms with Crippen LogP contribution in [0.25, 0.3) is 11.0 Å². The summed E-state index contributed by atoms with van der Waals surface area (Å²) in [5.74, 6) is 0.975. The number of fused-ring (bicyclic) bond motifs is 1. The number of hydrogen-bond donors (Lipinski definition) is 1. The third-order valence-corrected chi connectivity index (χ3v) is 3.57. The Morgan fingerprint density at radius 2 is 2.28 bits per heavy atom. The molecule has 1 atom stereocenters. The number of nitrogens with two attached hydrogens (primary N) is 1. The van der Waals surface area contributed by atoms with Gasteiger partial charge in [-0.3, -0.25) is 0 Å². The molecule has 0 aliphatic heterocycles.